The molecular formula is C30H33ClN4O2. The fourth-order valence-corrected chi connectivity index (χ4v) is 5.56. The highest BCUT2D eigenvalue weighted by Gasteiger charge is 2.52. The summed E-state index contributed by atoms with van der Waals surface area (Å²) in [6, 6.07) is 21.2. The van der Waals surface area contributed by atoms with E-state index >= 15 is 0 Å². The maximum Gasteiger partial charge on any atom is 0.245 e. The topological polar surface area (TPSA) is 55.9 Å². The molecule has 2 aliphatic heterocycles. The zero-order valence-electron chi connectivity index (χ0n) is 21.6. The molecule has 1 N–H and O–H groups in total. The maximum absolute atomic E-state index is 14.5. The van der Waals surface area contributed by atoms with Crippen LogP contribution >= 0.6 is 11.6 Å². The predicted octanol–water partition coefficient (Wildman–Crippen LogP) is 5.21. The molecular weight excluding hydrogens is 484 g/mol. The molecule has 0 aromatic heterocycles. The molecule has 0 radical (unpaired) electrons. The van der Waals surface area contributed by atoms with Crippen LogP contribution in [0.1, 0.15) is 35.3 Å². The predicted molar refractivity (Wildman–Crippen MR) is 151 cm³/mol. The van der Waals surface area contributed by atoms with Crippen molar-refractivity contribution in [2.24, 2.45) is 0 Å². The average Bonchev–Trinajstić information content (AvgIpc) is 2.91. The van der Waals surface area contributed by atoms with Crippen LogP contribution in [0, 0.1) is 0 Å². The smallest absolute Gasteiger partial charge is 0.245 e. The van der Waals surface area contributed by atoms with E-state index in [0.717, 1.165) is 49.7 Å². The van der Waals surface area contributed by atoms with Gasteiger partial charge >= 0.3 is 0 Å². The molecule has 37 heavy (non-hydrogen) atoms. The minimum absolute atomic E-state index is 0.182. The van der Waals surface area contributed by atoms with Crippen molar-refractivity contribution in [2.45, 2.75) is 25.8 Å². The van der Waals surface area contributed by atoms with Crippen molar-refractivity contribution in [2.75, 3.05) is 54.9 Å². The summed E-state index contributed by atoms with van der Waals surface area (Å²) in [6.07, 6.45) is 0. The van der Waals surface area contributed by atoms with Gasteiger partial charge in [0, 0.05) is 43.4 Å². The van der Waals surface area contributed by atoms with Crippen molar-refractivity contribution in [3.63, 3.8) is 0 Å². The maximum atomic E-state index is 14.5. The number of likely N-dealkylation sites (N-methyl/N-ethyl adjacent to an activating group) is 1. The molecule has 1 saturated heterocycles. The van der Waals surface area contributed by atoms with Crippen LogP contribution in [0.3, 0.4) is 0 Å². The van der Waals surface area contributed by atoms with Crippen LogP contribution in [-0.4, -0.2) is 56.4 Å². The number of Topliss-reactive ketones (excluding diaryl/α,β-unsaturated/α-hetero) is 1. The van der Waals surface area contributed by atoms with Gasteiger partial charge in [-0.05, 0) is 56.3 Å². The third kappa shape index (κ3) is 4.60. The third-order valence-electron chi connectivity index (χ3n) is 7.58. The summed E-state index contributed by atoms with van der Waals surface area (Å²) in [7, 11) is 2.10. The number of halogens is 1. The number of carbonyl (C=O) groups excluding carboxylic acids is 2. The number of piperazine rings is 1. The monoisotopic (exact) mass is 516 g/mol. The zero-order valence-corrected chi connectivity index (χ0v) is 22.4. The number of fused-ring (bicyclic) bond motifs is 1. The Morgan fingerprint density at radius 1 is 0.919 bits per heavy atom. The molecule has 6 nitrogen and oxygen atoms in total. The number of anilines is 3. The zero-order chi connectivity index (χ0) is 26.2. The number of hydrogen-bond donors (Lipinski definition) is 1. The second-order valence-corrected chi connectivity index (χ2v) is 10.5. The Morgan fingerprint density at radius 3 is 2.22 bits per heavy atom. The molecule has 2 heterocycles. The Labute approximate surface area is 223 Å². The van der Waals surface area contributed by atoms with Gasteiger partial charge in [-0.25, -0.2) is 0 Å². The van der Waals surface area contributed by atoms with E-state index in [9.17, 15) is 9.59 Å². The molecule has 0 bridgehead atoms. The number of nitrogens with one attached hydrogen (secondary N) is 1. The van der Waals surface area contributed by atoms with E-state index in [4.69, 9.17) is 11.6 Å². The minimum atomic E-state index is -1.36. The Bertz CT molecular complexity index is 1300. The Balaban J connectivity index is 1.67. The second-order valence-electron chi connectivity index (χ2n) is 10.0. The summed E-state index contributed by atoms with van der Waals surface area (Å²) in [5.74, 6) is -0.421. The van der Waals surface area contributed by atoms with Crippen molar-refractivity contribution in [3.05, 3.63) is 88.4 Å². The van der Waals surface area contributed by atoms with Crippen LogP contribution in [0.4, 0.5) is 17.1 Å². The van der Waals surface area contributed by atoms with E-state index < -0.39 is 5.41 Å². The van der Waals surface area contributed by atoms with Gasteiger partial charge in [0.1, 0.15) is 5.41 Å². The fraction of sp³-hybridized carbons (Fsp3) is 0.333. The van der Waals surface area contributed by atoms with Gasteiger partial charge in [0.2, 0.25) is 5.91 Å². The van der Waals surface area contributed by atoms with Crippen molar-refractivity contribution < 1.29 is 9.59 Å². The lowest BCUT2D eigenvalue weighted by Gasteiger charge is -2.43. The molecule has 0 spiro atoms. The third-order valence-corrected chi connectivity index (χ3v) is 7.80. The molecule has 1 amide bonds. The summed E-state index contributed by atoms with van der Waals surface area (Å²) in [4.78, 5) is 35.0. The molecule has 2 aliphatic rings. The normalized spacial score (nSPS) is 20.2. The first kappa shape index (κ1) is 25.3. The highest BCUT2D eigenvalue weighted by atomic mass is 35.5. The van der Waals surface area contributed by atoms with Gasteiger partial charge in [-0.15, -0.1) is 0 Å². The van der Waals surface area contributed by atoms with Gasteiger partial charge < -0.3 is 20.0 Å². The first-order valence-electron chi connectivity index (χ1n) is 12.8. The molecule has 1 atom stereocenters. The Morgan fingerprint density at radius 2 is 1.57 bits per heavy atom. The van der Waals surface area contributed by atoms with Crippen molar-refractivity contribution in [1.82, 2.24) is 4.90 Å². The van der Waals surface area contributed by atoms with Crippen LogP contribution in [0.5, 0.6) is 0 Å². The van der Waals surface area contributed by atoms with Crippen molar-refractivity contribution in [1.29, 1.82) is 0 Å². The lowest BCUT2D eigenvalue weighted by atomic mass is 9.71. The first-order chi connectivity index (χ1) is 17.8. The number of carbonyl (C=O) groups is 2. The molecule has 0 saturated carbocycles. The highest BCUT2D eigenvalue weighted by molar-refractivity contribution is 6.34. The van der Waals surface area contributed by atoms with Crippen LogP contribution in [-0.2, 0) is 16.8 Å². The van der Waals surface area contributed by atoms with Crippen molar-refractivity contribution in [3.8, 4) is 0 Å². The van der Waals surface area contributed by atoms with Crippen LogP contribution in [0.15, 0.2) is 66.7 Å². The Kier molecular flexibility index (Phi) is 6.97. The van der Waals surface area contributed by atoms with E-state index in [1.165, 1.54) is 0 Å². The molecule has 1 fully saturated rings. The standard InChI is InChI=1S/C30H33ClN4O2/c1-4-32-24-12-10-22(11-13-24)30(2)28(36)27-25(34-16-14-33(3)15-17-34)18-23(31)19-26(27)35(29(30)37)20-21-8-6-5-7-9-21/h5-13,18-19,32H,4,14-17,20H2,1-3H3/t30-/m1/s1. The molecule has 3 aromatic carbocycles. The van der Waals surface area contributed by atoms with E-state index in [1.807, 2.05) is 67.6 Å². The van der Waals surface area contributed by atoms with Crippen LogP contribution in [0.25, 0.3) is 0 Å². The molecule has 7 heteroatoms. The number of benzene rings is 3. The summed E-state index contributed by atoms with van der Waals surface area (Å²) in [6.45, 7) is 8.32. The van der Waals surface area contributed by atoms with Crippen molar-refractivity contribution >= 4 is 40.4 Å². The van der Waals surface area contributed by atoms with Crippen LogP contribution < -0.4 is 15.1 Å². The Hall–Kier alpha value is -3.35. The number of hydrogen-bond acceptors (Lipinski definition) is 5. The van der Waals surface area contributed by atoms with Gasteiger partial charge in [0.15, 0.2) is 5.78 Å². The second kappa shape index (κ2) is 10.2. The highest BCUT2D eigenvalue weighted by Crippen LogP contribution is 2.46. The average molecular weight is 517 g/mol. The van der Waals surface area contributed by atoms with Gasteiger partial charge in [-0.2, -0.15) is 0 Å². The van der Waals surface area contributed by atoms with E-state index in [-0.39, 0.29) is 11.7 Å². The fourth-order valence-electron chi connectivity index (χ4n) is 5.35. The molecule has 0 unspecified atom stereocenters. The van der Waals surface area contributed by atoms with Gasteiger partial charge in [0.25, 0.3) is 0 Å². The molecule has 5 rings (SSSR count). The lowest BCUT2D eigenvalue weighted by molar-refractivity contribution is -0.122. The molecule has 192 valence electrons. The van der Waals surface area contributed by atoms with E-state index in [0.29, 0.717) is 28.4 Å². The summed E-state index contributed by atoms with van der Waals surface area (Å²) in [5, 5.41) is 3.80. The van der Waals surface area contributed by atoms with E-state index in [1.54, 1.807) is 17.9 Å². The largest absolute Gasteiger partial charge is 0.385 e. The quantitative estimate of drug-likeness (QED) is 0.456. The number of nitrogens with zero attached hydrogens (tertiary/aromatic N) is 3. The summed E-state index contributed by atoms with van der Waals surface area (Å²) < 4.78 is 0. The molecule has 0 aliphatic carbocycles. The SMILES string of the molecule is CCNc1ccc([C@]2(C)C(=O)c3c(N4CCN(C)CC4)cc(Cl)cc3N(Cc3ccccc3)C2=O)cc1. The van der Waals surface area contributed by atoms with Gasteiger partial charge in [0.05, 0.1) is 23.5 Å². The number of ketones is 1. The van der Waals surface area contributed by atoms with Gasteiger partial charge in [-0.3, -0.25) is 9.59 Å². The van der Waals surface area contributed by atoms with E-state index in [2.05, 4.69) is 22.2 Å². The minimum Gasteiger partial charge on any atom is -0.385 e. The van der Waals surface area contributed by atoms with Gasteiger partial charge in [-0.1, -0.05) is 54.1 Å². The number of amides is 1. The number of rotatable bonds is 6. The molecule has 3 aromatic rings. The summed E-state index contributed by atoms with van der Waals surface area (Å²) >= 11 is 6.64. The first-order valence-corrected chi connectivity index (χ1v) is 13.2. The summed E-state index contributed by atoms with van der Waals surface area (Å²) in [5.41, 5.74) is 3.24. The van der Waals surface area contributed by atoms with Crippen LogP contribution in [0.2, 0.25) is 5.02 Å². The lowest BCUT2D eigenvalue weighted by Crippen LogP contribution is -2.55.